The first-order chi connectivity index (χ1) is 16.5. The van der Waals surface area contributed by atoms with Crippen molar-refractivity contribution in [2.45, 2.75) is 44.5 Å². The molecule has 1 aliphatic rings. The molecule has 1 aromatic heterocycles. The number of benzene rings is 2. The van der Waals surface area contributed by atoms with Crippen molar-refractivity contribution in [2.24, 2.45) is 0 Å². The Labute approximate surface area is 200 Å². The Morgan fingerprint density at radius 2 is 2.06 bits per heavy atom. The van der Waals surface area contributed by atoms with Crippen LogP contribution in [0.3, 0.4) is 0 Å². The van der Waals surface area contributed by atoms with Crippen LogP contribution in [-0.2, 0) is 0 Å². The summed E-state index contributed by atoms with van der Waals surface area (Å²) < 4.78 is 11.6. The quantitative estimate of drug-likeness (QED) is 0.178. The Balaban J connectivity index is 1.75. The largest absolute Gasteiger partial charge is 0.500 e. The normalized spacial score (nSPS) is 14.2. The van der Waals surface area contributed by atoms with E-state index in [1.807, 2.05) is 24.3 Å². The first kappa shape index (κ1) is 23.6. The lowest BCUT2D eigenvalue weighted by Gasteiger charge is -2.20. The molecule has 0 bridgehead atoms. The molecule has 1 atom stereocenters. The zero-order valence-electron chi connectivity index (χ0n) is 18.9. The van der Waals surface area contributed by atoms with E-state index in [0.717, 1.165) is 30.6 Å². The van der Waals surface area contributed by atoms with Crippen LogP contribution < -0.4 is 14.8 Å². The summed E-state index contributed by atoms with van der Waals surface area (Å²) in [6, 6.07) is 10.2. The minimum Gasteiger partial charge on any atom is -0.500 e. The van der Waals surface area contributed by atoms with E-state index in [4.69, 9.17) is 9.47 Å². The molecule has 0 saturated carbocycles. The Kier molecular flexibility index (Phi) is 7.31. The van der Waals surface area contributed by atoms with Crippen molar-refractivity contribution in [2.75, 3.05) is 17.7 Å². The average Bonchev–Trinajstić information content (AvgIpc) is 2.99. The molecule has 0 saturated heterocycles. The fourth-order valence-electron chi connectivity index (χ4n) is 3.54. The van der Waals surface area contributed by atoms with Crippen molar-refractivity contribution in [3.8, 4) is 28.6 Å². The van der Waals surface area contributed by atoms with Crippen LogP contribution in [0.4, 0.5) is 11.4 Å². The number of nitrogens with one attached hydrogen (secondary N) is 1. The number of hydrogen-bond donors (Lipinski definition) is 2. The van der Waals surface area contributed by atoms with Gasteiger partial charge in [0.05, 0.1) is 11.5 Å². The Bertz CT molecular complexity index is 1190. The zero-order valence-corrected chi connectivity index (χ0v) is 19.7. The van der Waals surface area contributed by atoms with Crippen LogP contribution in [-0.4, -0.2) is 37.6 Å². The number of aromatic hydroxyl groups is 1. The molecule has 178 valence electrons. The summed E-state index contributed by atoms with van der Waals surface area (Å²) in [6.07, 6.45) is 2.45. The van der Waals surface area contributed by atoms with Crippen LogP contribution in [0.15, 0.2) is 41.6 Å². The summed E-state index contributed by atoms with van der Waals surface area (Å²) in [4.78, 5) is 15.5. The molecule has 0 spiro atoms. The van der Waals surface area contributed by atoms with Gasteiger partial charge in [-0.05, 0) is 25.5 Å². The lowest BCUT2D eigenvalue weighted by atomic mass is 10.1. The van der Waals surface area contributed by atoms with Crippen molar-refractivity contribution in [3.63, 3.8) is 0 Å². The third-order valence-electron chi connectivity index (χ3n) is 5.19. The minimum absolute atomic E-state index is 0.00263. The number of phenols is 1. The topological polar surface area (TPSA) is 133 Å². The number of fused-ring (bicyclic) bond motifs is 3. The van der Waals surface area contributed by atoms with Crippen LogP contribution in [0.25, 0.3) is 11.3 Å². The van der Waals surface area contributed by atoms with E-state index < -0.39 is 22.6 Å². The minimum atomic E-state index is -0.851. The van der Waals surface area contributed by atoms with Crippen molar-refractivity contribution >= 4 is 23.1 Å². The van der Waals surface area contributed by atoms with Crippen LogP contribution in [0.2, 0.25) is 0 Å². The summed E-state index contributed by atoms with van der Waals surface area (Å²) in [5.74, 6) is 0.612. The Morgan fingerprint density at radius 3 is 2.82 bits per heavy atom. The number of phenolic OH excluding ortho intramolecular Hbond substituents is 1. The lowest BCUT2D eigenvalue weighted by Crippen LogP contribution is -2.17. The summed E-state index contributed by atoms with van der Waals surface area (Å²) >= 11 is 1.51. The number of nitro benzene ring substituents is 1. The second kappa shape index (κ2) is 10.6. The second-order valence-corrected chi connectivity index (χ2v) is 8.63. The first-order valence-corrected chi connectivity index (χ1v) is 12.0. The summed E-state index contributed by atoms with van der Waals surface area (Å²) in [6.45, 7) is 4.11. The molecule has 0 amide bonds. The third kappa shape index (κ3) is 4.98. The number of hydrogen-bond acceptors (Lipinski definition) is 10. The SMILES string of the molecule is CCCCCSc1nnc2c(n1)OC(c1cc(OCC)c(O)c([N+](=O)[O-])c1)Nc1ccccc1-2. The van der Waals surface area contributed by atoms with Gasteiger partial charge >= 0.3 is 5.69 Å². The second-order valence-electron chi connectivity index (χ2n) is 7.57. The number of aromatic nitrogens is 3. The highest BCUT2D eigenvalue weighted by molar-refractivity contribution is 7.99. The van der Waals surface area contributed by atoms with E-state index in [2.05, 4.69) is 27.4 Å². The van der Waals surface area contributed by atoms with Gasteiger partial charge in [-0.25, -0.2) is 0 Å². The molecular formula is C23H25N5O5S. The summed E-state index contributed by atoms with van der Waals surface area (Å²) in [7, 11) is 0. The molecule has 1 unspecified atom stereocenters. The molecular weight excluding hydrogens is 458 g/mol. The third-order valence-corrected chi connectivity index (χ3v) is 6.11. The van der Waals surface area contributed by atoms with Gasteiger partial charge in [-0.15, -0.1) is 10.2 Å². The van der Waals surface area contributed by atoms with Crippen LogP contribution in [0.5, 0.6) is 17.4 Å². The summed E-state index contributed by atoms with van der Waals surface area (Å²) in [5, 5.41) is 34.3. The number of unbranched alkanes of at least 4 members (excludes halogenated alkanes) is 2. The molecule has 3 aromatic rings. The predicted octanol–water partition coefficient (Wildman–Crippen LogP) is 5.34. The van der Waals surface area contributed by atoms with Crippen LogP contribution >= 0.6 is 11.8 Å². The van der Waals surface area contributed by atoms with Gasteiger partial charge in [-0.3, -0.25) is 10.1 Å². The van der Waals surface area contributed by atoms with Crippen molar-refractivity contribution in [3.05, 3.63) is 52.1 Å². The van der Waals surface area contributed by atoms with Gasteiger partial charge in [-0.1, -0.05) is 49.7 Å². The molecule has 11 heteroatoms. The number of para-hydroxylation sites is 1. The molecule has 0 aliphatic carbocycles. The lowest BCUT2D eigenvalue weighted by molar-refractivity contribution is -0.386. The highest BCUT2D eigenvalue weighted by Gasteiger charge is 2.29. The summed E-state index contributed by atoms with van der Waals surface area (Å²) in [5.41, 5.74) is 1.85. The zero-order chi connectivity index (χ0) is 24.1. The highest BCUT2D eigenvalue weighted by Crippen LogP contribution is 2.43. The molecule has 1 aliphatic heterocycles. The maximum Gasteiger partial charge on any atom is 0.315 e. The predicted molar refractivity (Wildman–Crippen MR) is 128 cm³/mol. The van der Waals surface area contributed by atoms with E-state index >= 15 is 0 Å². The number of ether oxygens (including phenoxy) is 2. The number of nitro groups is 1. The van der Waals surface area contributed by atoms with Gasteiger partial charge < -0.3 is 19.9 Å². The van der Waals surface area contributed by atoms with Gasteiger partial charge in [0.15, 0.2) is 17.7 Å². The number of anilines is 1. The van der Waals surface area contributed by atoms with E-state index in [9.17, 15) is 15.2 Å². The van der Waals surface area contributed by atoms with Gasteiger partial charge in [0.2, 0.25) is 16.8 Å². The Hall–Kier alpha value is -3.60. The average molecular weight is 484 g/mol. The smallest absolute Gasteiger partial charge is 0.315 e. The molecule has 10 nitrogen and oxygen atoms in total. The number of nitrogens with zero attached hydrogens (tertiary/aromatic N) is 4. The van der Waals surface area contributed by atoms with Crippen LogP contribution in [0.1, 0.15) is 44.9 Å². The molecule has 0 fully saturated rings. The maximum absolute atomic E-state index is 11.6. The monoisotopic (exact) mass is 483 g/mol. The van der Waals surface area contributed by atoms with E-state index in [1.54, 1.807) is 6.92 Å². The molecule has 2 N–H and O–H groups in total. The first-order valence-electron chi connectivity index (χ1n) is 11.1. The molecule has 34 heavy (non-hydrogen) atoms. The van der Waals surface area contributed by atoms with Crippen LogP contribution in [0, 0.1) is 10.1 Å². The van der Waals surface area contributed by atoms with Crippen molar-refractivity contribution in [1.82, 2.24) is 15.2 Å². The van der Waals surface area contributed by atoms with Gasteiger partial charge in [0.25, 0.3) is 0 Å². The standard InChI is InChI=1S/C23H25N5O5S/c1-3-5-8-11-34-23-25-22-19(26-27-23)15-9-6-7-10-16(15)24-21(33-22)14-12-17(28(30)31)20(29)18(13-14)32-4-2/h6-7,9-10,12-13,21,24,29H,3-5,8,11H2,1-2H3. The number of rotatable bonds is 9. The van der Waals surface area contributed by atoms with Gasteiger partial charge in [-0.2, -0.15) is 4.98 Å². The fraction of sp³-hybridized carbons (Fsp3) is 0.348. The molecule has 0 radical (unpaired) electrons. The number of thioether (sulfide) groups is 1. The van der Waals surface area contributed by atoms with Gasteiger partial charge in [0.1, 0.15) is 0 Å². The highest BCUT2D eigenvalue weighted by atomic mass is 32.2. The Morgan fingerprint density at radius 1 is 1.24 bits per heavy atom. The van der Waals surface area contributed by atoms with E-state index in [0.29, 0.717) is 22.1 Å². The van der Waals surface area contributed by atoms with E-state index in [-0.39, 0.29) is 18.2 Å². The van der Waals surface area contributed by atoms with Crippen molar-refractivity contribution < 1.29 is 19.5 Å². The van der Waals surface area contributed by atoms with Crippen molar-refractivity contribution in [1.29, 1.82) is 0 Å². The molecule has 2 aromatic carbocycles. The van der Waals surface area contributed by atoms with E-state index in [1.165, 1.54) is 23.9 Å². The molecule has 2 heterocycles. The maximum atomic E-state index is 11.6. The van der Waals surface area contributed by atoms with Gasteiger partial charge in [0, 0.05) is 28.6 Å². The fourth-order valence-corrected chi connectivity index (χ4v) is 4.32. The molecule has 4 rings (SSSR count).